The van der Waals surface area contributed by atoms with E-state index < -0.39 is 9.84 Å². The van der Waals surface area contributed by atoms with Crippen LogP contribution in [0.5, 0.6) is 0 Å². The van der Waals surface area contributed by atoms with E-state index in [0.29, 0.717) is 28.7 Å². The predicted molar refractivity (Wildman–Crippen MR) is 209 cm³/mol. The number of carbonyl (C=O) groups excluding carboxylic acids is 2. The monoisotopic (exact) mass is 863 g/mol. The highest BCUT2D eigenvalue weighted by atomic mass is 79.9. The van der Waals surface area contributed by atoms with E-state index in [9.17, 15) is 18.0 Å². The smallest absolute Gasteiger partial charge is 0.251 e. The zero-order valence-corrected chi connectivity index (χ0v) is 33.7. The van der Waals surface area contributed by atoms with Crippen molar-refractivity contribution in [3.8, 4) is 22.5 Å². The maximum Gasteiger partial charge on any atom is 0.251 e. The highest BCUT2D eigenvalue weighted by molar-refractivity contribution is 9.10. The number of nitrogens with one attached hydrogen (secondary N) is 1. The Morgan fingerprint density at radius 1 is 0.827 bits per heavy atom. The Labute approximate surface area is 322 Å². The molecule has 52 heavy (non-hydrogen) atoms. The lowest BCUT2D eigenvalue weighted by Crippen LogP contribution is -2.26. The fourth-order valence-electron chi connectivity index (χ4n) is 6.04. The molecule has 2 aromatic carbocycles. The molecule has 0 bridgehead atoms. The number of amides is 1. The van der Waals surface area contributed by atoms with Gasteiger partial charge in [-0.25, -0.2) is 27.4 Å². The molecule has 2 fully saturated rings. The molecule has 15 heteroatoms. The van der Waals surface area contributed by atoms with Gasteiger partial charge in [-0.2, -0.15) is 10.2 Å². The zero-order valence-electron chi connectivity index (χ0n) is 28.9. The maximum atomic E-state index is 12.4. The van der Waals surface area contributed by atoms with Crippen LogP contribution < -0.4 is 5.32 Å². The topological polar surface area (TPSA) is 141 Å². The molecule has 0 radical (unpaired) electrons. The predicted octanol–water partition coefficient (Wildman–Crippen LogP) is 7.93. The molecule has 1 amide bonds. The third kappa shape index (κ3) is 7.73. The van der Waals surface area contributed by atoms with Crippen molar-refractivity contribution in [3.05, 3.63) is 92.4 Å². The molecule has 0 spiro atoms. The summed E-state index contributed by atoms with van der Waals surface area (Å²) in [5.74, 6) is 0.737. The van der Waals surface area contributed by atoms with Crippen molar-refractivity contribution in [2.45, 2.75) is 61.8 Å². The summed E-state index contributed by atoms with van der Waals surface area (Å²) in [5, 5.41) is 11.9. The highest BCUT2D eigenvalue weighted by Gasteiger charge is 2.26. The molecule has 0 atom stereocenters. The molecule has 0 unspecified atom stereocenters. The number of aromatic nitrogens is 6. The molecule has 2 saturated carbocycles. The molecule has 1 N–H and O–H groups in total. The van der Waals surface area contributed by atoms with Crippen LogP contribution in [-0.2, 0) is 9.84 Å². The third-order valence-electron chi connectivity index (χ3n) is 9.10. The number of rotatable bonds is 9. The second-order valence-corrected chi connectivity index (χ2v) is 17.7. The molecule has 4 heterocycles. The van der Waals surface area contributed by atoms with Crippen molar-refractivity contribution in [3.63, 3.8) is 0 Å². The summed E-state index contributed by atoms with van der Waals surface area (Å²) in [7, 11) is -3.45. The summed E-state index contributed by atoms with van der Waals surface area (Å²) in [4.78, 5) is 34.7. The first-order valence-corrected chi connectivity index (χ1v) is 21.4. The summed E-state index contributed by atoms with van der Waals surface area (Å²) in [6.07, 6.45) is 11.7. The van der Waals surface area contributed by atoms with Crippen LogP contribution in [0.1, 0.15) is 63.9 Å². The van der Waals surface area contributed by atoms with Gasteiger partial charge in [0.05, 0.1) is 28.7 Å². The number of imidazole rings is 2. The van der Waals surface area contributed by atoms with Crippen LogP contribution in [0.4, 0.5) is 0 Å². The SMILES string of the molecule is CSc1cc(Br)nn2c(-c3ccc(C(=O)NC4CC4)c(C)c3)cnc12.Cc1cc(-c2cnc3c(S(C)(=O)=O)cc(Br)nn23)ccc1C(=O)CC1CC1. The van der Waals surface area contributed by atoms with E-state index in [-0.39, 0.29) is 22.2 Å². The van der Waals surface area contributed by atoms with E-state index in [2.05, 4.69) is 57.3 Å². The van der Waals surface area contributed by atoms with Gasteiger partial charge >= 0.3 is 0 Å². The number of ketones is 1. The molecule has 8 rings (SSSR count). The van der Waals surface area contributed by atoms with Gasteiger partial charge in [0.25, 0.3) is 5.91 Å². The van der Waals surface area contributed by atoms with Crippen molar-refractivity contribution in [1.82, 2.24) is 34.5 Å². The molecule has 0 saturated heterocycles. The molecular weight excluding hydrogens is 830 g/mol. The second kappa shape index (κ2) is 14.5. The lowest BCUT2D eigenvalue weighted by Gasteiger charge is -2.09. The Hall–Kier alpha value is -3.92. The first kappa shape index (κ1) is 36.4. The van der Waals surface area contributed by atoms with E-state index in [1.165, 1.54) is 10.6 Å². The zero-order chi connectivity index (χ0) is 36.9. The number of sulfone groups is 1. The number of thioether (sulfide) groups is 1. The minimum Gasteiger partial charge on any atom is -0.349 e. The normalized spacial score (nSPS) is 14.3. The van der Waals surface area contributed by atoms with Gasteiger partial charge in [0.1, 0.15) is 14.1 Å². The van der Waals surface area contributed by atoms with Crippen LogP contribution in [0.3, 0.4) is 0 Å². The van der Waals surface area contributed by atoms with Gasteiger partial charge in [-0.3, -0.25) is 9.59 Å². The number of hydrogen-bond acceptors (Lipinski definition) is 9. The van der Waals surface area contributed by atoms with E-state index in [1.54, 1.807) is 18.0 Å². The van der Waals surface area contributed by atoms with E-state index >= 15 is 0 Å². The number of halogens is 2. The van der Waals surface area contributed by atoms with Crippen molar-refractivity contribution in [2.75, 3.05) is 12.5 Å². The van der Waals surface area contributed by atoms with Gasteiger partial charge in [0.2, 0.25) is 0 Å². The number of nitrogens with zero attached hydrogens (tertiary/aromatic N) is 6. The lowest BCUT2D eigenvalue weighted by atomic mass is 9.98. The molecule has 2 aliphatic rings. The largest absolute Gasteiger partial charge is 0.349 e. The van der Waals surface area contributed by atoms with Crippen LogP contribution in [0, 0.1) is 19.8 Å². The van der Waals surface area contributed by atoms with Gasteiger partial charge in [0.15, 0.2) is 26.9 Å². The molecule has 11 nitrogen and oxygen atoms in total. The Morgan fingerprint density at radius 3 is 1.92 bits per heavy atom. The molecule has 0 aliphatic heterocycles. The van der Waals surface area contributed by atoms with Gasteiger partial charge in [-0.1, -0.05) is 18.2 Å². The number of carbonyl (C=O) groups is 2. The van der Waals surface area contributed by atoms with E-state index in [1.807, 2.05) is 73.3 Å². The van der Waals surface area contributed by atoms with E-state index in [4.69, 9.17) is 0 Å². The minimum atomic E-state index is -3.45. The second-order valence-electron chi connectivity index (χ2n) is 13.3. The molecule has 6 aromatic rings. The lowest BCUT2D eigenvalue weighted by molar-refractivity contribution is 0.0948. The van der Waals surface area contributed by atoms with Gasteiger partial charge in [-0.15, -0.1) is 11.8 Å². The van der Waals surface area contributed by atoms with E-state index in [0.717, 1.165) is 86.2 Å². The van der Waals surface area contributed by atoms with Crippen molar-refractivity contribution >= 4 is 76.4 Å². The summed E-state index contributed by atoms with van der Waals surface area (Å²) in [6, 6.07) is 15.3. The minimum absolute atomic E-state index is 0.00947. The third-order valence-corrected chi connectivity index (χ3v) is 11.7. The summed E-state index contributed by atoms with van der Waals surface area (Å²) >= 11 is 8.37. The summed E-state index contributed by atoms with van der Waals surface area (Å²) in [5.41, 5.74) is 7.81. The van der Waals surface area contributed by atoms with Gasteiger partial charge in [0, 0.05) is 41.0 Å². The average molecular weight is 866 g/mol. The standard InChI is InChI=1S/C19H18BrN3O3S.C18H17BrN4OS/c1-11-7-13(5-6-14(11)16(24)8-12-3-4-12)15-10-21-19-17(27(2,25)26)9-18(20)22-23(15)19;1-10-7-11(3-6-13(10)18(24)21-12-4-5-12)14-9-20-17-15(25-2)8-16(19)22-23(14)17/h5-7,9-10,12H,3-4,8H2,1-2H3;3,6-9,12H,4-5H2,1-2H3,(H,21,24). The van der Waals surface area contributed by atoms with Crippen LogP contribution in [0.25, 0.3) is 33.8 Å². The first-order chi connectivity index (χ1) is 24.8. The van der Waals surface area contributed by atoms with Crippen molar-refractivity contribution in [2.24, 2.45) is 5.92 Å². The number of hydrogen-bond donors (Lipinski definition) is 1. The fraction of sp³-hybridized carbons (Fsp3) is 0.297. The number of benzene rings is 2. The van der Waals surface area contributed by atoms with Crippen LogP contribution in [0.15, 0.2) is 79.9 Å². The summed E-state index contributed by atoms with van der Waals surface area (Å²) < 4.78 is 28.7. The Balaban J connectivity index is 0.000000162. The molecule has 2 aliphatic carbocycles. The number of Topliss-reactive ketones (excluding diaryl/α,β-unsaturated/α-hetero) is 1. The Morgan fingerprint density at radius 2 is 1.38 bits per heavy atom. The molecule has 268 valence electrons. The quantitative estimate of drug-likeness (QED) is 0.113. The molecule has 4 aromatic heterocycles. The van der Waals surface area contributed by atoms with Crippen LogP contribution in [-0.4, -0.2) is 67.9 Å². The van der Waals surface area contributed by atoms with Gasteiger partial charge in [-0.05, 0) is 125 Å². The number of aryl methyl sites for hydroxylation is 2. The summed E-state index contributed by atoms with van der Waals surface area (Å²) in [6.45, 7) is 3.88. The Kier molecular flexibility index (Phi) is 10.1. The number of fused-ring (bicyclic) bond motifs is 2. The average Bonchev–Trinajstić information content (AvgIpc) is 4.01. The van der Waals surface area contributed by atoms with Gasteiger partial charge < -0.3 is 5.32 Å². The van der Waals surface area contributed by atoms with Crippen LogP contribution >= 0.6 is 43.6 Å². The fourth-order valence-corrected chi connectivity index (χ4v) is 8.47. The first-order valence-electron chi connectivity index (χ1n) is 16.7. The maximum absolute atomic E-state index is 12.4. The van der Waals surface area contributed by atoms with Crippen molar-refractivity contribution in [1.29, 1.82) is 0 Å². The van der Waals surface area contributed by atoms with Crippen molar-refractivity contribution < 1.29 is 18.0 Å². The molecular formula is C37H35Br2N7O4S2. The highest BCUT2D eigenvalue weighted by Crippen LogP contribution is 2.35. The van der Waals surface area contributed by atoms with Crippen LogP contribution in [0.2, 0.25) is 0 Å². The Bertz CT molecular complexity index is 2510.